The molecule has 1 N–H and O–H groups in total. The Bertz CT molecular complexity index is 361. The van der Waals surface area contributed by atoms with Gasteiger partial charge < -0.3 is 19.7 Å². The molecule has 0 bridgehead atoms. The summed E-state index contributed by atoms with van der Waals surface area (Å²) in [5.74, 6) is 0.183. The van der Waals surface area contributed by atoms with Crippen molar-refractivity contribution in [1.29, 1.82) is 0 Å². The van der Waals surface area contributed by atoms with Gasteiger partial charge in [-0.05, 0) is 24.7 Å². The van der Waals surface area contributed by atoms with Gasteiger partial charge in [0.05, 0.1) is 6.61 Å². The number of hydrogen-bond donors (Lipinski definition) is 1. The van der Waals surface area contributed by atoms with E-state index in [1.165, 1.54) is 0 Å². The third-order valence-electron chi connectivity index (χ3n) is 2.83. The molecule has 0 aliphatic rings. The van der Waals surface area contributed by atoms with E-state index in [4.69, 9.17) is 4.74 Å². The molecule has 20 heavy (non-hydrogen) atoms. The summed E-state index contributed by atoms with van der Waals surface area (Å²) < 4.78 is 33.3. The van der Waals surface area contributed by atoms with Crippen LogP contribution in [0.3, 0.4) is 0 Å². The first kappa shape index (κ1) is 16.8. The van der Waals surface area contributed by atoms with Gasteiger partial charge in [-0.3, -0.25) is 0 Å². The second-order valence-corrected chi connectivity index (χ2v) is 4.50. The minimum absolute atomic E-state index is 0.183. The van der Waals surface area contributed by atoms with E-state index in [2.05, 4.69) is 15.0 Å². The molecule has 0 fully saturated rings. The molecule has 0 saturated heterocycles. The second kappa shape index (κ2) is 9.63. The maximum Gasteiger partial charge on any atom is 0.387 e. The van der Waals surface area contributed by atoms with E-state index in [1.807, 2.05) is 7.05 Å². The summed E-state index contributed by atoms with van der Waals surface area (Å²) in [5.41, 5.74) is 1.03. The van der Waals surface area contributed by atoms with Gasteiger partial charge in [-0.1, -0.05) is 12.1 Å². The van der Waals surface area contributed by atoms with Crippen molar-refractivity contribution in [3.63, 3.8) is 0 Å². The van der Waals surface area contributed by atoms with Gasteiger partial charge >= 0.3 is 6.61 Å². The van der Waals surface area contributed by atoms with Gasteiger partial charge in [0.15, 0.2) is 0 Å². The average Bonchev–Trinajstić information content (AvgIpc) is 2.42. The lowest BCUT2D eigenvalue weighted by molar-refractivity contribution is -0.0498. The number of hydrogen-bond acceptors (Lipinski definition) is 4. The molecule has 0 amide bonds. The van der Waals surface area contributed by atoms with Crippen LogP contribution in [-0.2, 0) is 11.3 Å². The Morgan fingerprint density at radius 1 is 1.20 bits per heavy atom. The highest BCUT2D eigenvalue weighted by molar-refractivity contribution is 5.27. The van der Waals surface area contributed by atoms with Crippen LogP contribution >= 0.6 is 0 Å². The van der Waals surface area contributed by atoms with E-state index in [9.17, 15) is 8.78 Å². The fourth-order valence-corrected chi connectivity index (χ4v) is 1.65. The van der Waals surface area contributed by atoms with Gasteiger partial charge in [0.1, 0.15) is 5.75 Å². The Kier molecular flexibility index (Phi) is 8.10. The highest BCUT2D eigenvalue weighted by atomic mass is 19.3. The van der Waals surface area contributed by atoms with Crippen molar-refractivity contribution in [2.24, 2.45) is 0 Å². The van der Waals surface area contributed by atoms with Crippen LogP contribution in [0.4, 0.5) is 8.78 Å². The Labute approximate surface area is 118 Å². The number of rotatable bonds is 10. The molecular weight excluding hydrogens is 266 g/mol. The number of alkyl halides is 2. The molecule has 1 rings (SSSR count). The molecule has 0 aliphatic carbocycles. The lowest BCUT2D eigenvalue weighted by Gasteiger charge is -2.16. The quantitative estimate of drug-likeness (QED) is 0.667. The zero-order valence-electron chi connectivity index (χ0n) is 11.9. The maximum absolute atomic E-state index is 12.0. The fourth-order valence-electron chi connectivity index (χ4n) is 1.65. The van der Waals surface area contributed by atoms with Crippen molar-refractivity contribution in [2.45, 2.75) is 13.2 Å². The second-order valence-electron chi connectivity index (χ2n) is 4.50. The van der Waals surface area contributed by atoms with Crippen LogP contribution in [0.2, 0.25) is 0 Å². The maximum atomic E-state index is 12.0. The molecule has 0 aromatic heterocycles. The zero-order chi connectivity index (χ0) is 14.8. The van der Waals surface area contributed by atoms with E-state index in [0.717, 1.165) is 31.8 Å². The monoisotopic (exact) mass is 288 g/mol. The summed E-state index contributed by atoms with van der Waals surface area (Å²) in [5, 5.41) is 3.30. The van der Waals surface area contributed by atoms with Crippen LogP contribution in [0.5, 0.6) is 5.75 Å². The third-order valence-corrected chi connectivity index (χ3v) is 2.83. The van der Waals surface area contributed by atoms with Crippen LogP contribution < -0.4 is 10.1 Å². The first-order valence-corrected chi connectivity index (χ1v) is 6.53. The van der Waals surface area contributed by atoms with Gasteiger partial charge in [-0.2, -0.15) is 8.78 Å². The molecular formula is C14H22F2N2O2. The first-order valence-electron chi connectivity index (χ1n) is 6.53. The highest BCUT2D eigenvalue weighted by Gasteiger charge is 2.03. The third kappa shape index (κ3) is 7.37. The van der Waals surface area contributed by atoms with Crippen LogP contribution in [0.25, 0.3) is 0 Å². The minimum Gasteiger partial charge on any atom is -0.435 e. The van der Waals surface area contributed by atoms with Crippen LogP contribution in [0.15, 0.2) is 24.3 Å². The topological polar surface area (TPSA) is 33.7 Å². The number of methoxy groups -OCH3 is 1. The molecule has 0 atom stereocenters. The van der Waals surface area contributed by atoms with Crippen LogP contribution in [0.1, 0.15) is 5.56 Å². The first-order chi connectivity index (χ1) is 9.61. The molecule has 0 unspecified atom stereocenters. The smallest absolute Gasteiger partial charge is 0.387 e. The number of nitrogens with one attached hydrogen (secondary N) is 1. The Morgan fingerprint density at radius 3 is 2.50 bits per heavy atom. The summed E-state index contributed by atoms with van der Waals surface area (Å²) in [6, 6.07) is 6.65. The zero-order valence-corrected chi connectivity index (χ0v) is 11.9. The molecule has 0 heterocycles. The van der Waals surface area contributed by atoms with Crippen molar-refractivity contribution in [3.05, 3.63) is 29.8 Å². The number of nitrogens with zero attached hydrogens (tertiary/aromatic N) is 1. The predicted molar refractivity (Wildman–Crippen MR) is 74.2 cm³/mol. The van der Waals surface area contributed by atoms with Crippen LogP contribution in [0, 0.1) is 0 Å². The molecule has 0 saturated carbocycles. The van der Waals surface area contributed by atoms with E-state index in [1.54, 1.807) is 31.4 Å². The van der Waals surface area contributed by atoms with Gasteiger partial charge in [-0.15, -0.1) is 0 Å². The number of likely N-dealkylation sites (N-methyl/N-ethyl adjacent to an activating group) is 1. The van der Waals surface area contributed by atoms with Crippen molar-refractivity contribution >= 4 is 0 Å². The number of ether oxygens (including phenoxy) is 2. The molecule has 1 aromatic carbocycles. The van der Waals surface area contributed by atoms with E-state index in [0.29, 0.717) is 6.54 Å². The Balaban J connectivity index is 2.18. The van der Waals surface area contributed by atoms with E-state index in [-0.39, 0.29) is 5.75 Å². The summed E-state index contributed by atoms with van der Waals surface area (Å²) in [4.78, 5) is 2.18. The molecule has 114 valence electrons. The van der Waals surface area contributed by atoms with Gasteiger partial charge in [-0.25, -0.2) is 0 Å². The minimum atomic E-state index is -2.78. The van der Waals surface area contributed by atoms with Crippen LogP contribution in [-0.4, -0.2) is 51.9 Å². The van der Waals surface area contributed by atoms with Crippen molar-refractivity contribution in [3.8, 4) is 5.75 Å². The lowest BCUT2D eigenvalue weighted by atomic mass is 10.2. The molecule has 4 nitrogen and oxygen atoms in total. The number of benzene rings is 1. The Morgan fingerprint density at radius 2 is 1.90 bits per heavy atom. The highest BCUT2D eigenvalue weighted by Crippen LogP contribution is 2.14. The van der Waals surface area contributed by atoms with Crippen molar-refractivity contribution < 1.29 is 18.3 Å². The molecule has 0 spiro atoms. The average molecular weight is 288 g/mol. The molecule has 0 radical (unpaired) electrons. The van der Waals surface area contributed by atoms with E-state index < -0.39 is 6.61 Å². The SMILES string of the molecule is COCCN(C)CCNCc1ccc(OC(F)F)cc1. The summed E-state index contributed by atoms with van der Waals surface area (Å²) in [7, 11) is 3.73. The number of halogens is 2. The lowest BCUT2D eigenvalue weighted by Crippen LogP contribution is -2.31. The molecule has 0 aliphatic heterocycles. The Hall–Kier alpha value is -1.24. The summed E-state index contributed by atoms with van der Waals surface area (Å²) in [6.07, 6.45) is 0. The molecule has 1 aromatic rings. The largest absolute Gasteiger partial charge is 0.435 e. The normalized spacial score (nSPS) is 11.3. The predicted octanol–water partition coefficient (Wildman–Crippen LogP) is 1.96. The summed E-state index contributed by atoms with van der Waals surface area (Å²) in [6.45, 7) is 1.33. The van der Waals surface area contributed by atoms with Gasteiger partial charge in [0.2, 0.25) is 0 Å². The van der Waals surface area contributed by atoms with E-state index >= 15 is 0 Å². The van der Waals surface area contributed by atoms with Crippen molar-refractivity contribution in [2.75, 3.05) is 40.4 Å². The van der Waals surface area contributed by atoms with Gasteiger partial charge in [0, 0.05) is 33.3 Å². The standard InChI is InChI=1S/C14H22F2N2O2/c1-18(9-10-19-2)8-7-17-11-12-3-5-13(6-4-12)20-14(15)16/h3-6,14,17H,7-11H2,1-2H3. The molecule has 6 heteroatoms. The summed E-state index contributed by atoms with van der Waals surface area (Å²) >= 11 is 0. The van der Waals surface area contributed by atoms with Crippen molar-refractivity contribution in [1.82, 2.24) is 10.2 Å². The fraction of sp³-hybridized carbons (Fsp3) is 0.571. The van der Waals surface area contributed by atoms with Gasteiger partial charge in [0.25, 0.3) is 0 Å².